The van der Waals surface area contributed by atoms with Crippen LogP contribution in [0.3, 0.4) is 0 Å². The number of amides is 1. The van der Waals surface area contributed by atoms with Gasteiger partial charge in [0, 0.05) is 62.2 Å². The molecule has 0 unspecified atom stereocenters. The third-order valence-electron chi connectivity index (χ3n) is 6.24. The molecule has 0 aliphatic carbocycles. The Kier molecular flexibility index (Phi) is 7.09. The standard InChI is InChI=1S/C27H29N5O2/c1-20-15-23(21(2)32(20)25-6-8-26(34-3)9-7-25)16-24(17-28)27(33)31-13-11-30(12-14-31)19-22-5-4-10-29-18-22/h4-10,15-16,18H,11-14,19H2,1-3H3/b24-16+. The number of benzene rings is 1. The monoisotopic (exact) mass is 455 g/mol. The van der Waals surface area contributed by atoms with Crippen molar-refractivity contribution in [3.63, 3.8) is 0 Å². The smallest absolute Gasteiger partial charge is 0.264 e. The van der Waals surface area contributed by atoms with Gasteiger partial charge in [-0.3, -0.25) is 14.7 Å². The van der Waals surface area contributed by atoms with Crippen LogP contribution in [-0.2, 0) is 11.3 Å². The topological polar surface area (TPSA) is 74.4 Å². The number of nitrogens with zero attached hydrogens (tertiary/aromatic N) is 5. The minimum absolute atomic E-state index is 0.163. The van der Waals surface area contributed by atoms with E-state index < -0.39 is 0 Å². The highest BCUT2D eigenvalue weighted by Crippen LogP contribution is 2.25. The molecule has 4 rings (SSSR count). The van der Waals surface area contributed by atoms with Crippen LogP contribution in [0.15, 0.2) is 60.4 Å². The van der Waals surface area contributed by atoms with E-state index >= 15 is 0 Å². The summed E-state index contributed by atoms with van der Waals surface area (Å²) in [6, 6.07) is 16.0. The molecule has 2 aromatic heterocycles. The highest BCUT2D eigenvalue weighted by molar-refractivity contribution is 6.02. The summed E-state index contributed by atoms with van der Waals surface area (Å²) in [7, 11) is 1.64. The zero-order chi connectivity index (χ0) is 24.1. The molecule has 1 fully saturated rings. The fourth-order valence-electron chi connectivity index (χ4n) is 4.39. The molecule has 0 spiro atoms. The molecule has 0 radical (unpaired) electrons. The van der Waals surface area contributed by atoms with Gasteiger partial charge in [0.25, 0.3) is 5.91 Å². The van der Waals surface area contributed by atoms with Crippen molar-refractivity contribution < 1.29 is 9.53 Å². The third kappa shape index (κ3) is 5.03. The Balaban J connectivity index is 1.47. The average molecular weight is 456 g/mol. The van der Waals surface area contributed by atoms with Gasteiger partial charge in [0.05, 0.1) is 7.11 Å². The maximum atomic E-state index is 13.1. The van der Waals surface area contributed by atoms with Crippen LogP contribution in [0.2, 0.25) is 0 Å². The van der Waals surface area contributed by atoms with Crippen LogP contribution in [0.25, 0.3) is 11.8 Å². The number of aryl methyl sites for hydroxylation is 1. The summed E-state index contributed by atoms with van der Waals surface area (Å²) in [4.78, 5) is 21.4. The van der Waals surface area contributed by atoms with Crippen LogP contribution in [0, 0.1) is 25.2 Å². The second-order valence-electron chi connectivity index (χ2n) is 8.46. The van der Waals surface area contributed by atoms with E-state index in [1.165, 1.54) is 0 Å². The zero-order valence-electron chi connectivity index (χ0n) is 19.9. The Morgan fingerprint density at radius 1 is 1.15 bits per heavy atom. The molecule has 3 aromatic rings. The number of aromatic nitrogens is 2. The molecule has 174 valence electrons. The van der Waals surface area contributed by atoms with Crippen LogP contribution in [0.1, 0.15) is 22.5 Å². The van der Waals surface area contributed by atoms with Gasteiger partial charge in [0.15, 0.2) is 0 Å². The highest BCUT2D eigenvalue weighted by atomic mass is 16.5. The van der Waals surface area contributed by atoms with Gasteiger partial charge in [-0.25, -0.2) is 0 Å². The summed E-state index contributed by atoms with van der Waals surface area (Å²) in [5.41, 5.74) is 5.20. The average Bonchev–Trinajstić information content (AvgIpc) is 3.15. The predicted octanol–water partition coefficient (Wildman–Crippen LogP) is 3.75. The van der Waals surface area contributed by atoms with E-state index in [1.54, 1.807) is 24.3 Å². The fourth-order valence-corrected chi connectivity index (χ4v) is 4.39. The van der Waals surface area contributed by atoms with Gasteiger partial charge < -0.3 is 14.2 Å². The number of hydrogen-bond acceptors (Lipinski definition) is 5. The van der Waals surface area contributed by atoms with Crippen molar-refractivity contribution in [1.82, 2.24) is 19.4 Å². The molecule has 34 heavy (non-hydrogen) atoms. The van der Waals surface area contributed by atoms with Crippen LogP contribution in [0.5, 0.6) is 5.75 Å². The number of pyridine rings is 1. The van der Waals surface area contributed by atoms with Crippen molar-refractivity contribution >= 4 is 12.0 Å². The number of piperazine rings is 1. The molecular formula is C27H29N5O2. The van der Waals surface area contributed by atoms with Gasteiger partial charge in [-0.15, -0.1) is 0 Å². The van der Waals surface area contributed by atoms with Crippen LogP contribution >= 0.6 is 0 Å². The number of ether oxygens (including phenoxy) is 1. The third-order valence-corrected chi connectivity index (χ3v) is 6.24. The quantitative estimate of drug-likeness (QED) is 0.418. The SMILES string of the molecule is COc1ccc(-n2c(C)cc(/C=C(\C#N)C(=O)N3CCN(Cc4cccnc4)CC3)c2C)cc1. The number of methoxy groups -OCH3 is 1. The molecule has 7 nitrogen and oxygen atoms in total. The Morgan fingerprint density at radius 2 is 1.88 bits per heavy atom. The minimum Gasteiger partial charge on any atom is -0.497 e. The number of carbonyl (C=O) groups is 1. The minimum atomic E-state index is -0.210. The first-order valence-corrected chi connectivity index (χ1v) is 11.4. The van der Waals surface area contributed by atoms with Gasteiger partial charge in [0.2, 0.25) is 0 Å². The lowest BCUT2D eigenvalue weighted by Crippen LogP contribution is -2.48. The van der Waals surface area contributed by atoms with Crippen LogP contribution in [0.4, 0.5) is 0 Å². The van der Waals surface area contributed by atoms with Gasteiger partial charge >= 0.3 is 0 Å². The van der Waals surface area contributed by atoms with E-state index in [2.05, 4.69) is 26.6 Å². The molecule has 1 aliphatic rings. The van der Waals surface area contributed by atoms with Gasteiger partial charge in [-0.1, -0.05) is 6.07 Å². The molecule has 1 saturated heterocycles. The van der Waals surface area contributed by atoms with Crippen molar-refractivity contribution in [2.45, 2.75) is 20.4 Å². The second-order valence-corrected chi connectivity index (χ2v) is 8.46. The summed E-state index contributed by atoms with van der Waals surface area (Å²) in [5, 5.41) is 9.77. The van der Waals surface area contributed by atoms with E-state index in [0.717, 1.165) is 53.6 Å². The lowest BCUT2D eigenvalue weighted by Gasteiger charge is -2.34. The lowest BCUT2D eigenvalue weighted by molar-refractivity contribution is -0.128. The summed E-state index contributed by atoms with van der Waals surface area (Å²) in [6.07, 6.45) is 5.35. The largest absolute Gasteiger partial charge is 0.497 e. The van der Waals surface area contributed by atoms with E-state index in [0.29, 0.717) is 13.1 Å². The van der Waals surface area contributed by atoms with Gasteiger partial charge in [-0.2, -0.15) is 5.26 Å². The Morgan fingerprint density at radius 3 is 2.50 bits per heavy atom. The molecule has 1 aliphatic heterocycles. The summed E-state index contributed by atoms with van der Waals surface area (Å²) < 4.78 is 7.37. The van der Waals surface area contributed by atoms with Gasteiger partial charge in [-0.05, 0) is 67.4 Å². The fraction of sp³-hybridized carbons (Fsp3) is 0.296. The first kappa shape index (κ1) is 23.3. The van der Waals surface area contributed by atoms with Gasteiger partial charge in [0.1, 0.15) is 17.4 Å². The summed E-state index contributed by atoms with van der Waals surface area (Å²) in [5.74, 6) is 0.585. The molecule has 0 N–H and O–H groups in total. The molecule has 0 atom stereocenters. The second kappa shape index (κ2) is 10.4. The number of rotatable bonds is 6. The van der Waals surface area contributed by atoms with Crippen molar-refractivity contribution in [3.8, 4) is 17.5 Å². The summed E-state index contributed by atoms with van der Waals surface area (Å²) >= 11 is 0. The lowest BCUT2D eigenvalue weighted by atomic mass is 10.1. The molecule has 7 heteroatoms. The van der Waals surface area contributed by atoms with E-state index in [1.807, 2.05) is 56.4 Å². The Labute approximate surface area is 200 Å². The van der Waals surface area contributed by atoms with Crippen molar-refractivity contribution in [3.05, 3.63) is 82.9 Å². The predicted molar refractivity (Wildman–Crippen MR) is 131 cm³/mol. The van der Waals surface area contributed by atoms with Crippen LogP contribution in [-0.4, -0.2) is 58.5 Å². The number of hydrogen-bond donors (Lipinski definition) is 0. The number of carbonyl (C=O) groups excluding carboxylic acids is 1. The highest BCUT2D eigenvalue weighted by Gasteiger charge is 2.24. The van der Waals surface area contributed by atoms with Crippen molar-refractivity contribution in [2.75, 3.05) is 33.3 Å². The molecular weight excluding hydrogens is 426 g/mol. The summed E-state index contributed by atoms with van der Waals surface area (Å²) in [6.45, 7) is 7.57. The molecule has 1 aromatic carbocycles. The van der Waals surface area contributed by atoms with E-state index in [9.17, 15) is 10.1 Å². The molecule has 0 bridgehead atoms. The Bertz CT molecular complexity index is 1210. The van der Waals surface area contributed by atoms with Crippen molar-refractivity contribution in [1.29, 1.82) is 5.26 Å². The maximum absolute atomic E-state index is 13.1. The maximum Gasteiger partial charge on any atom is 0.264 e. The molecule has 0 saturated carbocycles. The molecule has 3 heterocycles. The first-order chi connectivity index (χ1) is 16.5. The van der Waals surface area contributed by atoms with Crippen molar-refractivity contribution in [2.24, 2.45) is 0 Å². The van der Waals surface area contributed by atoms with E-state index in [4.69, 9.17) is 4.74 Å². The normalized spacial score (nSPS) is 14.6. The Hall–Kier alpha value is -3.89. The van der Waals surface area contributed by atoms with Crippen LogP contribution < -0.4 is 4.74 Å². The number of nitriles is 1. The molecule has 1 amide bonds. The zero-order valence-corrected chi connectivity index (χ0v) is 19.9. The van der Waals surface area contributed by atoms with E-state index in [-0.39, 0.29) is 11.5 Å². The first-order valence-electron chi connectivity index (χ1n) is 11.4.